The van der Waals surface area contributed by atoms with Gasteiger partial charge in [0.1, 0.15) is 11.5 Å². The number of fused-ring (bicyclic) bond motifs is 2. The monoisotopic (exact) mass is 457 g/mol. The van der Waals surface area contributed by atoms with Gasteiger partial charge in [-0.15, -0.1) is 0 Å². The molecule has 7 heteroatoms. The van der Waals surface area contributed by atoms with Gasteiger partial charge in [-0.1, -0.05) is 12.1 Å². The highest BCUT2D eigenvalue weighted by atomic mass is 16.7. The minimum absolute atomic E-state index is 0.0819. The smallest absolute Gasteiger partial charge is 0.231 e. The molecule has 1 aliphatic rings. The predicted molar refractivity (Wildman–Crippen MR) is 127 cm³/mol. The summed E-state index contributed by atoms with van der Waals surface area (Å²) in [6.45, 7) is 2.94. The molecule has 0 radical (unpaired) electrons. The Morgan fingerprint density at radius 1 is 1.00 bits per heavy atom. The zero-order chi connectivity index (χ0) is 23.7. The van der Waals surface area contributed by atoms with Crippen molar-refractivity contribution in [1.29, 1.82) is 0 Å². The molecular weight excluding hydrogens is 434 g/mol. The van der Waals surface area contributed by atoms with E-state index >= 15 is 0 Å². The fourth-order valence-electron chi connectivity index (χ4n) is 4.06. The molecule has 1 aromatic heterocycles. The van der Waals surface area contributed by atoms with Gasteiger partial charge in [0.05, 0.1) is 30.2 Å². The van der Waals surface area contributed by atoms with E-state index in [0.29, 0.717) is 46.9 Å². The second kappa shape index (κ2) is 8.94. The predicted octanol–water partition coefficient (Wildman–Crippen LogP) is 4.42. The number of nitrogens with zero attached hydrogens (tertiary/aromatic N) is 1. The zero-order valence-corrected chi connectivity index (χ0v) is 18.9. The fraction of sp³-hybridized carbons (Fsp3) is 0.185. The van der Waals surface area contributed by atoms with Crippen molar-refractivity contribution in [3.63, 3.8) is 0 Å². The minimum Gasteiger partial charge on any atom is -0.497 e. The van der Waals surface area contributed by atoms with Crippen molar-refractivity contribution < 1.29 is 23.7 Å². The standard InChI is InChI=1S/C27H23NO6/c1-3-32-19-9-7-18(8-10-19)26(29)22-15-28(14-17-5-4-6-20(11-17)31-2)23-13-25-24(33-16-34-25)12-21(23)27(22)30/h4-13,15H,3,14,16H2,1-2H3. The SMILES string of the molecule is CCOc1ccc(C(=O)c2cn(Cc3cccc(OC)c3)c3cc4c(cc3c2=O)OCO4)cc1. The van der Waals surface area contributed by atoms with Gasteiger partial charge in [-0.05, 0) is 55.0 Å². The van der Waals surface area contributed by atoms with Crippen molar-refractivity contribution in [2.45, 2.75) is 13.5 Å². The van der Waals surface area contributed by atoms with E-state index in [2.05, 4.69) is 0 Å². The number of pyridine rings is 1. The van der Waals surface area contributed by atoms with Crippen LogP contribution >= 0.6 is 0 Å². The van der Waals surface area contributed by atoms with Crippen molar-refractivity contribution in [3.05, 3.63) is 93.8 Å². The summed E-state index contributed by atoms with van der Waals surface area (Å²) in [6, 6.07) is 17.9. The lowest BCUT2D eigenvalue weighted by Gasteiger charge is -2.15. The van der Waals surface area contributed by atoms with Crippen LogP contribution < -0.4 is 24.4 Å². The molecule has 5 rings (SSSR count). The molecule has 0 fully saturated rings. The van der Waals surface area contributed by atoms with E-state index in [1.807, 2.05) is 35.8 Å². The van der Waals surface area contributed by atoms with Crippen LogP contribution in [0.25, 0.3) is 10.9 Å². The van der Waals surface area contributed by atoms with E-state index in [4.69, 9.17) is 18.9 Å². The molecular formula is C27H23NO6. The summed E-state index contributed by atoms with van der Waals surface area (Å²) in [7, 11) is 1.61. The molecule has 0 N–H and O–H groups in total. The first kappa shape index (κ1) is 21.6. The molecule has 0 saturated heterocycles. The molecule has 0 bridgehead atoms. The van der Waals surface area contributed by atoms with Gasteiger partial charge in [-0.2, -0.15) is 0 Å². The maximum atomic E-state index is 13.4. The highest BCUT2D eigenvalue weighted by Crippen LogP contribution is 2.35. The van der Waals surface area contributed by atoms with Crippen LogP contribution in [0.15, 0.2) is 71.7 Å². The lowest BCUT2D eigenvalue weighted by atomic mass is 10.0. The second-order valence-corrected chi connectivity index (χ2v) is 7.86. The highest BCUT2D eigenvalue weighted by molar-refractivity contribution is 6.10. The third kappa shape index (κ3) is 3.96. The number of carbonyl (C=O) groups is 1. The number of benzene rings is 3. The van der Waals surface area contributed by atoms with Crippen LogP contribution in [0.3, 0.4) is 0 Å². The molecule has 2 heterocycles. The summed E-state index contributed by atoms with van der Waals surface area (Å²) >= 11 is 0. The van der Waals surface area contributed by atoms with E-state index in [1.165, 1.54) is 0 Å². The summed E-state index contributed by atoms with van der Waals surface area (Å²) in [5, 5.41) is 0.393. The maximum absolute atomic E-state index is 13.4. The average molecular weight is 457 g/mol. The number of carbonyl (C=O) groups excluding carboxylic acids is 1. The van der Waals surface area contributed by atoms with E-state index in [9.17, 15) is 9.59 Å². The largest absolute Gasteiger partial charge is 0.497 e. The normalized spacial score (nSPS) is 12.1. The van der Waals surface area contributed by atoms with Crippen LogP contribution in [0, 0.1) is 0 Å². The fourth-order valence-corrected chi connectivity index (χ4v) is 4.06. The van der Waals surface area contributed by atoms with Crippen LogP contribution in [0.5, 0.6) is 23.0 Å². The minimum atomic E-state index is -0.355. The van der Waals surface area contributed by atoms with Gasteiger partial charge in [0.25, 0.3) is 0 Å². The molecule has 0 unspecified atom stereocenters. The van der Waals surface area contributed by atoms with Gasteiger partial charge in [-0.3, -0.25) is 9.59 Å². The summed E-state index contributed by atoms with van der Waals surface area (Å²) in [6.07, 6.45) is 1.62. The van der Waals surface area contributed by atoms with Gasteiger partial charge < -0.3 is 23.5 Å². The molecule has 1 aliphatic heterocycles. The Bertz CT molecular complexity index is 1440. The number of hydrogen-bond donors (Lipinski definition) is 0. The molecule has 0 atom stereocenters. The first-order valence-corrected chi connectivity index (χ1v) is 10.9. The number of ether oxygens (including phenoxy) is 4. The van der Waals surface area contributed by atoms with E-state index in [1.54, 1.807) is 49.7 Å². The number of ketones is 1. The van der Waals surface area contributed by atoms with Crippen molar-refractivity contribution in [1.82, 2.24) is 4.57 Å². The van der Waals surface area contributed by atoms with Gasteiger partial charge in [0.2, 0.25) is 12.2 Å². The quantitative estimate of drug-likeness (QED) is 0.383. The Kier molecular flexibility index (Phi) is 5.67. The maximum Gasteiger partial charge on any atom is 0.231 e. The van der Waals surface area contributed by atoms with Crippen LogP contribution in [0.2, 0.25) is 0 Å². The number of rotatable bonds is 7. The first-order valence-electron chi connectivity index (χ1n) is 10.9. The molecule has 3 aromatic carbocycles. The number of hydrogen-bond acceptors (Lipinski definition) is 6. The molecule has 0 amide bonds. The first-order chi connectivity index (χ1) is 16.6. The number of aromatic nitrogens is 1. The highest BCUT2D eigenvalue weighted by Gasteiger charge is 2.22. The van der Waals surface area contributed by atoms with E-state index < -0.39 is 0 Å². The third-order valence-corrected chi connectivity index (χ3v) is 5.73. The van der Waals surface area contributed by atoms with Gasteiger partial charge in [0.15, 0.2) is 17.3 Å². The van der Waals surface area contributed by atoms with Crippen molar-refractivity contribution in [3.8, 4) is 23.0 Å². The number of methoxy groups -OCH3 is 1. The molecule has 172 valence electrons. The second-order valence-electron chi connectivity index (χ2n) is 7.86. The topological polar surface area (TPSA) is 76.0 Å². The average Bonchev–Trinajstić information content (AvgIpc) is 3.33. The van der Waals surface area contributed by atoms with Gasteiger partial charge in [-0.25, -0.2) is 0 Å². The van der Waals surface area contributed by atoms with Crippen LogP contribution in [-0.2, 0) is 6.54 Å². The van der Waals surface area contributed by atoms with Gasteiger partial charge in [0, 0.05) is 24.4 Å². The Morgan fingerprint density at radius 2 is 1.76 bits per heavy atom. The van der Waals surface area contributed by atoms with Crippen LogP contribution in [-0.4, -0.2) is 30.9 Å². The van der Waals surface area contributed by atoms with Crippen molar-refractivity contribution in [2.24, 2.45) is 0 Å². The Hall–Kier alpha value is -4.26. The Morgan fingerprint density at radius 3 is 2.50 bits per heavy atom. The molecule has 34 heavy (non-hydrogen) atoms. The summed E-state index contributed by atoms with van der Waals surface area (Å²) in [5.74, 6) is 2.10. The Balaban J connectivity index is 1.64. The van der Waals surface area contributed by atoms with E-state index in [-0.39, 0.29) is 23.6 Å². The Labute approximate surface area is 196 Å². The lowest BCUT2D eigenvalue weighted by molar-refractivity contribution is 0.103. The van der Waals surface area contributed by atoms with Gasteiger partial charge >= 0.3 is 0 Å². The summed E-state index contributed by atoms with van der Waals surface area (Å²) in [5.41, 5.74) is 1.75. The molecule has 7 nitrogen and oxygen atoms in total. The zero-order valence-electron chi connectivity index (χ0n) is 18.9. The molecule has 0 spiro atoms. The van der Waals surface area contributed by atoms with Crippen LogP contribution in [0.1, 0.15) is 28.4 Å². The van der Waals surface area contributed by atoms with Crippen molar-refractivity contribution in [2.75, 3.05) is 20.5 Å². The lowest BCUT2D eigenvalue weighted by Crippen LogP contribution is -2.20. The van der Waals surface area contributed by atoms with Crippen molar-refractivity contribution >= 4 is 16.7 Å². The summed E-state index contributed by atoms with van der Waals surface area (Å²) in [4.78, 5) is 26.8. The molecule has 4 aromatic rings. The third-order valence-electron chi connectivity index (χ3n) is 5.73. The van der Waals surface area contributed by atoms with Crippen LogP contribution in [0.4, 0.5) is 0 Å². The molecule has 0 saturated carbocycles. The molecule has 0 aliphatic carbocycles. The van der Waals surface area contributed by atoms with E-state index in [0.717, 1.165) is 11.3 Å². The summed E-state index contributed by atoms with van der Waals surface area (Å²) < 4.78 is 23.7.